The Labute approximate surface area is 187 Å². The Hall–Kier alpha value is -1.89. The van der Waals surface area contributed by atoms with E-state index in [4.69, 9.17) is 28.9 Å². The molecule has 1 amide bonds. The van der Waals surface area contributed by atoms with Gasteiger partial charge in [-0.05, 0) is 49.8 Å². The van der Waals surface area contributed by atoms with E-state index in [-0.39, 0.29) is 11.9 Å². The summed E-state index contributed by atoms with van der Waals surface area (Å²) in [5.41, 5.74) is 9.60. The Balaban J connectivity index is 1.42. The van der Waals surface area contributed by atoms with Crippen LogP contribution in [0.3, 0.4) is 0 Å². The number of hydrogen-bond donors (Lipinski definition) is 1. The number of nitrogens with two attached hydrogens (primary N) is 1. The minimum Gasteiger partial charge on any atom is -0.350 e. The van der Waals surface area contributed by atoms with Gasteiger partial charge in [0.15, 0.2) is 0 Å². The first-order valence-corrected chi connectivity index (χ1v) is 11.2. The second-order valence-corrected chi connectivity index (χ2v) is 9.20. The second kappa shape index (κ2) is 8.69. The molecule has 30 heavy (non-hydrogen) atoms. The number of aryl methyl sites for hydroxylation is 1. The van der Waals surface area contributed by atoms with Crippen LogP contribution in [0.4, 0.5) is 5.82 Å². The van der Waals surface area contributed by atoms with Gasteiger partial charge in [0.2, 0.25) is 5.91 Å². The van der Waals surface area contributed by atoms with Crippen LogP contribution in [-0.4, -0.2) is 52.5 Å². The van der Waals surface area contributed by atoms with Gasteiger partial charge in [-0.25, -0.2) is 9.97 Å². The molecule has 6 nitrogen and oxygen atoms in total. The van der Waals surface area contributed by atoms with Gasteiger partial charge in [-0.3, -0.25) is 4.79 Å². The van der Waals surface area contributed by atoms with Crippen molar-refractivity contribution < 1.29 is 4.79 Å². The normalized spacial score (nSPS) is 22.2. The van der Waals surface area contributed by atoms with Crippen molar-refractivity contribution in [3.63, 3.8) is 0 Å². The Morgan fingerprint density at radius 1 is 1.23 bits per heavy atom. The van der Waals surface area contributed by atoms with Crippen molar-refractivity contribution in [3.8, 4) is 0 Å². The maximum absolute atomic E-state index is 13.0. The molecule has 0 spiro atoms. The average Bonchev–Trinajstić information content (AvgIpc) is 3.11. The number of anilines is 1. The molecule has 0 bridgehead atoms. The molecule has 1 aliphatic carbocycles. The minimum absolute atomic E-state index is 0.0335. The van der Waals surface area contributed by atoms with E-state index in [2.05, 4.69) is 28.7 Å². The summed E-state index contributed by atoms with van der Waals surface area (Å²) in [7, 11) is 0. The number of rotatable bonds is 4. The number of piperazine rings is 1. The Kier molecular flexibility index (Phi) is 6.19. The standard InChI is InChI=1S/C22H27Cl2N5O/c1-13-3-6-19-20(13)21(27-12-26-19)29-8-7-28(11-14(29)2)22(30)18(25)10-15-4-5-16(23)17(24)9-15/h4-5,9,12-14,18H,3,6-8,10-11,25H2,1-2H3/t13?,14-,18?/m0/s1. The molecular formula is C22H27Cl2N5O. The number of hydrogen-bond acceptors (Lipinski definition) is 5. The molecule has 2 heterocycles. The molecule has 8 heteroatoms. The van der Waals surface area contributed by atoms with Gasteiger partial charge in [0, 0.05) is 36.9 Å². The van der Waals surface area contributed by atoms with E-state index in [1.165, 1.54) is 11.3 Å². The quantitative estimate of drug-likeness (QED) is 0.776. The summed E-state index contributed by atoms with van der Waals surface area (Å²) in [5.74, 6) is 1.47. The largest absolute Gasteiger partial charge is 0.350 e. The molecule has 0 radical (unpaired) electrons. The fourth-order valence-electron chi connectivity index (χ4n) is 4.57. The van der Waals surface area contributed by atoms with E-state index >= 15 is 0 Å². The summed E-state index contributed by atoms with van der Waals surface area (Å²) < 4.78 is 0. The lowest BCUT2D eigenvalue weighted by molar-refractivity contribution is -0.133. The van der Waals surface area contributed by atoms with Crippen LogP contribution in [0.2, 0.25) is 10.0 Å². The van der Waals surface area contributed by atoms with Crippen molar-refractivity contribution in [1.29, 1.82) is 0 Å². The van der Waals surface area contributed by atoms with Gasteiger partial charge in [-0.1, -0.05) is 36.2 Å². The molecule has 2 aromatic rings. The molecule has 3 atom stereocenters. The van der Waals surface area contributed by atoms with Crippen molar-refractivity contribution in [2.75, 3.05) is 24.5 Å². The first-order valence-electron chi connectivity index (χ1n) is 10.4. The Bertz CT molecular complexity index is 953. The van der Waals surface area contributed by atoms with Gasteiger partial charge in [0.1, 0.15) is 12.1 Å². The Morgan fingerprint density at radius 3 is 2.77 bits per heavy atom. The summed E-state index contributed by atoms with van der Waals surface area (Å²) in [6.45, 7) is 6.37. The van der Waals surface area contributed by atoms with E-state index in [1.54, 1.807) is 18.5 Å². The van der Waals surface area contributed by atoms with Crippen LogP contribution >= 0.6 is 23.2 Å². The van der Waals surface area contributed by atoms with Crippen molar-refractivity contribution in [2.45, 2.75) is 51.1 Å². The van der Waals surface area contributed by atoms with Crippen LogP contribution in [0, 0.1) is 0 Å². The zero-order valence-corrected chi connectivity index (χ0v) is 18.8. The maximum Gasteiger partial charge on any atom is 0.239 e. The van der Waals surface area contributed by atoms with E-state index in [1.807, 2.05) is 11.0 Å². The highest BCUT2D eigenvalue weighted by Crippen LogP contribution is 2.38. The molecule has 160 valence electrons. The smallest absolute Gasteiger partial charge is 0.239 e. The van der Waals surface area contributed by atoms with Crippen LogP contribution in [0.15, 0.2) is 24.5 Å². The summed E-state index contributed by atoms with van der Waals surface area (Å²) in [4.78, 5) is 26.3. The lowest BCUT2D eigenvalue weighted by Crippen LogP contribution is -2.57. The highest BCUT2D eigenvalue weighted by molar-refractivity contribution is 6.42. The molecular weight excluding hydrogens is 421 g/mol. The van der Waals surface area contributed by atoms with Gasteiger partial charge in [-0.2, -0.15) is 0 Å². The highest BCUT2D eigenvalue weighted by atomic mass is 35.5. The summed E-state index contributed by atoms with van der Waals surface area (Å²) in [6.07, 6.45) is 4.24. The fraction of sp³-hybridized carbons (Fsp3) is 0.500. The number of carbonyl (C=O) groups excluding carboxylic acids is 1. The van der Waals surface area contributed by atoms with Crippen molar-refractivity contribution >= 4 is 34.9 Å². The van der Waals surface area contributed by atoms with Crippen LogP contribution in [-0.2, 0) is 17.6 Å². The van der Waals surface area contributed by atoms with Gasteiger partial charge >= 0.3 is 0 Å². The molecule has 2 N–H and O–H groups in total. The molecule has 1 fully saturated rings. The van der Waals surface area contributed by atoms with Gasteiger partial charge < -0.3 is 15.5 Å². The van der Waals surface area contributed by atoms with Gasteiger partial charge in [0.05, 0.1) is 16.1 Å². The minimum atomic E-state index is -0.607. The van der Waals surface area contributed by atoms with Crippen LogP contribution in [0.1, 0.15) is 43.0 Å². The molecule has 2 unspecified atom stereocenters. The summed E-state index contributed by atoms with van der Waals surface area (Å²) in [5, 5.41) is 0.971. The molecule has 1 aromatic carbocycles. The van der Waals surface area contributed by atoms with Crippen molar-refractivity contribution in [2.24, 2.45) is 5.73 Å². The third-order valence-corrected chi connectivity index (χ3v) is 6.96. The molecule has 0 saturated carbocycles. The number of halogens is 2. The van der Waals surface area contributed by atoms with E-state index in [9.17, 15) is 4.79 Å². The topological polar surface area (TPSA) is 75.4 Å². The zero-order valence-electron chi connectivity index (χ0n) is 17.3. The monoisotopic (exact) mass is 447 g/mol. The first-order chi connectivity index (χ1) is 14.3. The highest BCUT2D eigenvalue weighted by Gasteiger charge is 2.33. The number of aromatic nitrogens is 2. The number of carbonyl (C=O) groups is 1. The summed E-state index contributed by atoms with van der Waals surface area (Å²) >= 11 is 12.1. The molecule has 1 saturated heterocycles. The van der Waals surface area contributed by atoms with Crippen LogP contribution in [0.25, 0.3) is 0 Å². The molecule has 4 rings (SSSR count). The molecule has 1 aromatic heterocycles. The fourth-order valence-corrected chi connectivity index (χ4v) is 4.89. The van der Waals surface area contributed by atoms with Crippen molar-refractivity contribution in [3.05, 3.63) is 51.4 Å². The van der Waals surface area contributed by atoms with Gasteiger partial charge in [-0.15, -0.1) is 0 Å². The molecule has 2 aliphatic rings. The number of benzene rings is 1. The van der Waals surface area contributed by atoms with Crippen LogP contribution in [0.5, 0.6) is 0 Å². The van der Waals surface area contributed by atoms with E-state index in [0.717, 1.165) is 30.8 Å². The predicted molar refractivity (Wildman–Crippen MR) is 120 cm³/mol. The third-order valence-electron chi connectivity index (χ3n) is 6.22. The number of nitrogens with zero attached hydrogens (tertiary/aromatic N) is 4. The average molecular weight is 448 g/mol. The van der Waals surface area contributed by atoms with Gasteiger partial charge in [0.25, 0.3) is 0 Å². The number of fused-ring (bicyclic) bond motifs is 1. The lowest BCUT2D eigenvalue weighted by atomic mass is 10.0. The second-order valence-electron chi connectivity index (χ2n) is 8.38. The van der Waals surface area contributed by atoms with Crippen LogP contribution < -0.4 is 10.6 Å². The summed E-state index contributed by atoms with van der Waals surface area (Å²) in [6, 6.07) is 4.92. The number of amides is 1. The van der Waals surface area contributed by atoms with E-state index < -0.39 is 6.04 Å². The van der Waals surface area contributed by atoms with E-state index in [0.29, 0.717) is 35.5 Å². The van der Waals surface area contributed by atoms with Crippen molar-refractivity contribution in [1.82, 2.24) is 14.9 Å². The zero-order chi connectivity index (χ0) is 21.4. The predicted octanol–water partition coefficient (Wildman–Crippen LogP) is 3.44. The first kappa shape index (κ1) is 21.3. The SMILES string of the molecule is CC1CCc2ncnc(N3CCN(C(=O)C(N)Cc4ccc(Cl)c(Cl)c4)C[C@@H]3C)c21. The maximum atomic E-state index is 13.0. The molecule has 1 aliphatic heterocycles. The Morgan fingerprint density at radius 2 is 2.03 bits per heavy atom. The third kappa shape index (κ3) is 4.13. The lowest BCUT2D eigenvalue weighted by Gasteiger charge is -2.42.